The van der Waals surface area contributed by atoms with E-state index in [9.17, 15) is 9.36 Å². The molecule has 0 spiro atoms. The molecule has 5 nitrogen and oxygen atoms in total. The Hall–Kier alpha value is -1.16. The molecule has 2 rings (SSSR count). The van der Waals surface area contributed by atoms with Crippen molar-refractivity contribution in [1.82, 2.24) is 0 Å². The molecule has 0 bridgehead atoms. The highest BCUT2D eigenvalue weighted by atomic mass is 31.2. The second kappa shape index (κ2) is 9.36. The van der Waals surface area contributed by atoms with Crippen molar-refractivity contribution in [3.8, 4) is 5.75 Å². The number of Topliss-reactive ketones (excluding diaryl/α,β-unsaturated/α-hetero) is 1. The van der Waals surface area contributed by atoms with Crippen molar-refractivity contribution in [2.75, 3.05) is 26.0 Å². The van der Waals surface area contributed by atoms with Crippen LogP contribution in [0.1, 0.15) is 49.9 Å². The minimum Gasteiger partial charge on any atom is -0.492 e. The summed E-state index contributed by atoms with van der Waals surface area (Å²) in [4.78, 5) is 12.6. The predicted octanol–water partition coefficient (Wildman–Crippen LogP) is 4.70. The lowest BCUT2D eigenvalue weighted by Crippen LogP contribution is -2.31. The van der Waals surface area contributed by atoms with Crippen LogP contribution in [0, 0.1) is 5.92 Å². The fourth-order valence-corrected chi connectivity index (χ4v) is 4.44. The average molecular weight is 354 g/mol. The van der Waals surface area contributed by atoms with Crippen LogP contribution < -0.4 is 4.74 Å². The number of ketones is 1. The molecule has 1 unspecified atom stereocenters. The van der Waals surface area contributed by atoms with Gasteiger partial charge in [0.2, 0.25) is 0 Å². The van der Waals surface area contributed by atoms with Crippen molar-refractivity contribution in [1.29, 1.82) is 0 Å². The number of para-hydroxylation sites is 1. The molecule has 6 heteroatoms. The zero-order valence-electron chi connectivity index (χ0n) is 14.5. The lowest BCUT2D eigenvalue weighted by atomic mass is 9.97. The summed E-state index contributed by atoms with van der Waals surface area (Å²) >= 11 is 0. The molecule has 0 N–H and O–H groups in total. The molecule has 0 aliphatic carbocycles. The summed E-state index contributed by atoms with van der Waals surface area (Å²) in [6, 6.07) is 7.15. The molecule has 0 saturated carbocycles. The van der Waals surface area contributed by atoms with Gasteiger partial charge in [0.15, 0.2) is 5.78 Å². The van der Waals surface area contributed by atoms with E-state index in [1.165, 1.54) is 0 Å². The van der Waals surface area contributed by atoms with Crippen molar-refractivity contribution in [3.63, 3.8) is 0 Å². The van der Waals surface area contributed by atoms with Crippen LogP contribution >= 0.6 is 7.60 Å². The van der Waals surface area contributed by atoms with E-state index in [2.05, 4.69) is 0 Å². The van der Waals surface area contributed by atoms with Crippen LogP contribution in [0.5, 0.6) is 5.75 Å². The maximum absolute atomic E-state index is 13.0. The minimum absolute atomic E-state index is 0.0461. The molecule has 1 aliphatic rings. The van der Waals surface area contributed by atoms with E-state index in [4.69, 9.17) is 13.8 Å². The maximum Gasteiger partial charge on any atom is 0.331 e. The molecule has 1 aromatic carbocycles. The van der Waals surface area contributed by atoms with Crippen LogP contribution in [-0.2, 0) is 13.6 Å². The largest absolute Gasteiger partial charge is 0.492 e. The van der Waals surface area contributed by atoms with Gasteiger partial charge >= 0.3 is 7.60 Å². The molecule has 24 heavy (non-hydrogen) atoms. The second-order valence-electron chi connectivity index (χ2n) is 6.04. The van der Waals surface area contributed by atoms with Gasteiger partial charge in [0.25, 0.3) is 0 Å². The van der Waals surface area contributed by atoms with Crippen LogP contribution in [0.25, 0.3) is 0 Å². The van der Waals surface area contributed by atoms with Gasteiger partial charge in [0.05, 0.1) is 37.5 Å². The van der Waals surface area contributed by atoms with E-state index in [0.717, 1.165) is 25.7 Å². The Labute approximate surface area is 144 Å². The van der Waals surface area contributed by atoms with Gasteiger partial charge in [0, 0.05) is 0 Å². The fourth-order valence-electron chi connectivity index (χ4n) is 2.53. The van der Waals surface area contributed by atoms with Gasteiger partial charge in [-0.15, -0.1) is 0 Å². The van der Waals surface area contributed by atoms with E-state index in [0.29, 0.717) is 24.5 Å². The minimum atomic E-state index is -3.30. The summed E-state index contributed by atoms with van der Waals surface area (Å²) in [6.45, 7) is 5.08. The van der Waals surface area contributed by atoms with Gasteiger partial charge in [-0.2, -0.15) is 0 Å². The third-order valence-electron chi connectivity index (χ3n) is 3.98. The predicted molar refractivity (Wildman–Crippen MR) is 94.0 cm³/mol. The van der Waals surface area contributed by atoms with Gasteiger partial charge in [-0.1, -0.05) is 38.8 Å². The van der Waals surface area contributed by atoms with Crippen LogP contribution in [0.4, 0.5) is 0 Å². The first-order valence-electron chi connectivity index (χ1n) is 8.73. The van der Waals surface area contributed by atoms with Gasteiger partial charge in [0.1, 0.15) is 5.75 Å². The number of hydrogen-bond donors (Lipinski definition) is 0. The average Bonchev–Trinajstić information content (AvgIpc) is 2.58. The third-order valence-corrected chi connectivity index (χ3v) is 6.02. The molecular weight excluding hydrogens is 327 g/mol. The second-order valence-corrected chi connectivity index (χ2v) is 8.14. The third kappa shape index (κ3) is 5.17. The van der Waals surface area contributed by atoms with Crippen molar-refractivity contribution in [2.24, 2.45) is 5.92 Å². The van der Waals surface area contributed by atoms with Crippen LogP contribution in [0.15, 0.2) is 24.3 Å². The number of fused-ring (bicyclic) bond motifs is 1. The number of carbonyl (C=O) groups is 1. The lowest BCUT2D eigenvalue weighted by molar-refractivity contribution is 0.0838. The number of hydrogen-bond acceptors (Lipinski definition) is 5. The standard InChI is InChI=1S/C18H27O5P/c1-3-5-11-22-24(20,23-12-6-4-2)14-15-13-21-17-10-8-7-9-16(17)18(15)19/h7-10,15H,3-6,11-14H2,1-2H3. The highest BCUT2D eigenvalue weighted by Crippen LogP contribution is 2.51. The van der Waals surface area contributed by atoms with Crippen molar-refractivity contribution < 1.29 is 23.1 Å². The molecule has 1 heterocycles. The van der Waals surface area contributed by atoms with E-state index in [1.807, 2.05) is 19.9 Å². The Morgan fingerprint density at radius 3 is 2.38 bits per heavy atom. The summed E-state index contributed by atoms with van der Waals surface area (Å²) in [5.41, 5.74) is 0.544. The SMILES string of the molecule is CCCCOP(=O)(CC1COc2ccccc2C1=O)OCCCC. The summed E-state index contributed by atoms with van der Waals surface area (Å²) in [5.74, 6) is 0.0524. The molecule has 1 aromatic rings. The van der Waals surface area contributed by atoms with Crippen molar-refractivity contribution in [3.05, 3.63) is 29.8 Å². The molecule has 0 amide bonds. The molecule has 0 aromatic heterocycles. The van der Waals surface area contributed by atoms with Crippen molar-refractivity contribution in [2.45, 2.75) is 39.5 Å². The van der Waals surface area contributed by atoms with Gasteiger partial charge < -0.3 is 13.8 Å². The Kier molecular flexibility index (Phi) is 7.47. The number of carbonyl (C=O) groups excluding carboxylic acids is 1. The number of ether oxygens (including phenoxy) is 1. The zero-order chi connectivity index (χ0) is 17.4. The zero-order valence-corrected chi connectivity index (χ0v) is 15.4. The monoisotopic (exact) mass is 354 g/mol. The van der Waals surface area contributed by atoms with Gasteiger partial charge in [-0.3, -0.25) is 9.36 Å². The normalized spacial score (nSPS) is 17.4. The smallest absolute Gasteiger partial charge is 0.331 e. The summed E-state index contributed by atoms with van der Waals surface area (Å²) in [6.07, 6.45) is 3.62. The summed E-state index contributed by atoms with van der Waals surface area (Å²) < 4.78 is 29.8. The first-order chi connectivity index (χ1) is 11.6. The number of rotatable bonds is 10. The highest BCUT2D eigenvalue weighted by Gasteiger charge is 2.36. The van der Waals surface area contributed by atoms with E-state index in [1.54, 1.807) is 18.2 Å². The first kappa shape index (κ1) is 19.2. The molecule has 134 valence electrons. The summed E-state index contributed by atoms with van der Waals surface area (Å²) in [7, 11) is -3.30. The molecule has 1 atom stereocenters. The molecule has 0 radical (unpaired) electrons. The van der Waals surface area contributed by atoms with E-state index >= 15 is 0 Å². The van der Waals surface area contributed by atoms with Crippen LogP contribution in [0.2, 0.25) is 0 Å². The highest BCUT2D eigenvalue weighted by molar-refractivity contribution is 7.53. The molecule has 0 saturated heterocycles. The van der Waals surface area contributed by atoms with Crippen LogP contribution in [0.3, 0.4) is 0 Å². The number of unbranched alkanes of at least 4 members (excludes halogenated alkanes) is 2. The molecule has 0 fully saturated rings. The molecular formula is C18H27O5P. The lowest BCUT2D eigenvalue weighted by Gasteiger charge is -2.27. The van der Waals surface area contributed by atoms with Crippen molar-refractivity contribution >= 4 is 13.4 Å². The number of benzene rings is 1. The first-order valence-corrected chi connectivity index (χ1v) is 10.5. The quantitative estimate of drug-likeness (QED) is 0.450. The Morgan fingerprint density at radius 2 is 1.75 bits per heavy atom. The van der Waals surface area contributed by atoms with Gasteiger partial charge in [-0.05, 0) is 25.0 Å². The Morgan fingerprint density at radius 1 is 1.12 bits per heavy atom. The maximum atomic E-state index is 13.0. The van der Waals surface area contributed by atoms with E-state index in [-0.39, 0.29) is 18.6 Å². The topological polar surface area (TPSA) is 61.8 Å². The van der Waals surface area contributed by atoms with Gasteiger partial charge in [-0.25, -0.2) is 0 Å². The molecule has 1 aliphatic heterocycles. The summed E-state index contributed by atoms with van der Waals surface area (Å²) in [5, 5.41) is 0. The Balaban J connectivity index is 2.05. The Bertz CT molecular complexity index is 573. The fraction of sp³-hybridized carbons (Fsp3) is 0.611. The van der Waals surface area contributed by atoms with E-state index < -0.39 is 13.5 Å². The van der Waals surface area contributed by atoms with Crippen LogP contribution in [-0.4, -0.2) is 31.8 Å².